The number of nitrogens with zero attached hydrogens (tertiary/aromatic N) is 1. The van der Waals surface area contributed by atoms with Crippen molar-refractivity contribution in [1.29, 1.82) is 0 Å². The summed E-state index contributed by atoms with van der Waals surface area (Å²) in [6.45, 7) is 1.60. The molecule has 0 spiro atoms. The highest BCUT2D eigenvalue weighted by atomic mass is 79.9. The number of carbonyl (C=O) groups is 1. The minimum Gasteiger partial charge on any atom is -0.341 e. The Hall–Kier alpha value is -0.250. The average Bonchev–Trinajstić information content (AvgIpc) is 2.41. The van der Waals surface area contributed by atoms with Gasteiger partial charge in [0, 0.05) is 22.6 Å². The summed E-state index contributed by atoms with van der Waals surface area (Å²) in [4.78, 5) is 14.1. The molecule has 1 aromatic carbocycles. The van der Waals surface area contributed by atoms with Gasteiger partial charge in [0.15, 0.2) is 0 Å². The van der Waals surface area contributed by atoms with Gasteiger partial charge in [-0.2, -0.15) is 0 Å². The predicted molar refractivity (Wildman–Crippen MR) is 78.2 cm³/mol. The van der Waals surface area contributed by atoms with E-state index in [0.29, 0.717) is 10.6 Å². The summed E-state index contributed by atoms with van der Waals surface area (Å²) in [5, 5.41) is -0.170. The van der Waals surface area contributed by atoms with Crippen molar-refractivity contribution in [2.75, 3.05) is 13.1 Å². The highest BCUT2D eigenvalue weighted by Gasteiger charge is 2.26. The van der Waals surface area contributed by atoms with Crippen LogP contribution in [0.5, 0.6) is 0 Å². The van der Waals surface area contributed by atoms with Crippen LogP contribution < -0.4 is 0 Å². The molecule has 2 rings (SSSR count). The summed E-state index contributed by atoms with van der Waals surface area (Å²) in [5.41, 5.74) is 0.670. The first-order valence-corrected chi connectivity index (χ1v) is 7.58. The van der Waals surface area contributed by atoms with Crippen molar-refractivity contribution < 1.29 is 4.79 Å². The van der Waals surface area contributed by atoms with Crippen LogP contribution in [0.25, 0.3) is 0 Å². The molecule has 98 valence electrons. The molecular weight excluding hydrogens is 337 g/mol. The second-order valence-corrected chi connectivity index (χ2v) is 6.17. The van der Waals surface area contributed by atoms with Crippen molar-refractivity contribution >= 4 is 45.0 Å². The third-order valence-corrected chi connectivity index (χ3v) is 4.37. The van der Waals surface area contributed by atoms with E-state index in [-0.39, 0.29) is 5.91 Å². The molecule has 18 heavy (non-hydrogen) atoms. The molecule has 0 N–H and O–H groups in total. The van der Waals surface area contributed by atoms with E-state index in [1.54, 1.807) is 6.07 Å². The molecule has 1 fully saturated rings. The van der Waals surface area contributed by atoms with Crippen LogP contribution in [0.3, 0.4) is 0 Å². The third kappa shape index (κ3) is 3.19. The molecular formula is C13H14BrCl2NO. The molecule has 1 aromatic rings. The molecule has 1 heterocycles. The van der Waals surface area contributed by atoms with Crippen LogP contribution in [0.2, 0.25) is 5.02 Å². The quantitative estimate of drug-likeness (QED) is 0.724. The van der Waals surface area contributed by atoms with E-state index in [1.165, 1.54) is 6.42 Å². The van der Waals surface area contributed by atoms with Crippen molar-refractivity contribution in [3.8, 4) is 0 Å². The van der Waals surface area contributed by atoms with Crippen LogP contribution in [-0.4, -0.2) is 23.9 Å². The van der Waals surface area contributed by atoms with Gasteiger partial charge in [0.25, 0.3) is 0 Å². The van der Waals surface area contributed by atoms with Gasteiger partial charge in [0.1, 0.15) is 5.38 Å². The van der Waals surface area contributed by atoms with Crippen LogP contribution in [-0.2, 0) is 4.79 Å². The van der Waals surface area contributed by atoms with Crippen molar-refractivity contribution in [1.82, 2.24) is 4.90 Å². The molecule has 0 bridgehead atoms. The Bertz CT molecular complexity index is 447. The zero-order valence-corrected chi connectivity index (χ0v) is 12.9. The number of hydrogen-bond donors (Lipinski definition) is 0. The van der Waals surface area contributed by atoms with E-state index in [2.05, 4.69) is 15.9 Å². The predicted octanol–water partition coefficient (Wildman–Crippen LogP) is 4.39. The maximum absolute atomic E-state index is 12.3. The van der Waals surface area contributed by atoms with Gasteiger partial charge in [0.2, 0.25) is 5.91 Å². The minimum atomic E-state index is -0.701. The number of amides is 1. The number of carbonyl (C=O) groups excluding carboxylic acids is 1. The number of rotatable bonds is 2. The Kier molecular flexibility index (Phi) is 4.93. The SMILES string of the molecule is O=C(C(Cl)c1cc(Br)ccc1Cl)N1CCCCC1. The molecule has 0 saturated carbocycles. The van der Waals surface area contributed by atoms with Crippen LogP contribution in [0.15, 0.2) is 22.7 Å². The van der Waals surface area contributed by atoms with Crippen molar-refractivity contribution in [3.63, 3.8) is 0 Å². The normalized spacial score (nSPS) is 17.6. The van der Waals surface area contributed by atoms with Crippen LogP contribution >= 0.6 is 39.1 Å². The largest absolute Gasteiger partial charge is 0.341 e. The smallest absolute Gasteiger partial charge is 0.245 e. The van der Waals surface area contributed by atoms with E-state index in [1.807, 2.05) is 17.0 Å². The molecule has 1 saturated heterocycles. The molecule has 1 atom stereocenters. The first-order valence-electron chi connectivity index (χ1n) is 5.97. The Morgan fingerprint density at radius 3 is 2.61 bits per heavy atom. The zero-order valence-electron chi connectivity index (χ0n) is 9.83. The lowest BCUT2D eigenvalue weighted by Crippen LogP contribution is -2.37. The Morgan fingerprint density at radius 1 is 1.28 bits per heavy atom. The number of hydrogen-bond acceptors (Lipinski definition) is 1. The van der Waals surface area contributed by atoms with Gasteiger partial charge < -0.3 is 4.90 Å². The second kappa shape index (κ2) is 6.27. The van der Waals surface area contributed by atoms with Gasteiger partial charge in [-0.3, -0.25) is 4.79 Å². The Morgan fingerprint density at radius 2 is 1.94 bits per heavy atom. The first-order chi connectivity index (χ1) is 8.59. The molecule has 5 heteroatoms. The zero-order chi connectivity index (χ0) is 13.1. The lowest BCUT2D eigenvalue weighted by atomic mass is 10.1. The molecule has 1 aliphatic rings. The number of benzene rings is 1. The van der Waals surface area contributed by atoms with E-state index in [0.717, 1.165) is 30.4 Å². The summed E-state index contributed by atoms with van der Waals surface area (Å²) < 4.78 is 0.874. The van der Waals surface area contributed by atoms with E-state index in [4.69, 9.17) is 23.2 Å². The first kappa shape index (κ1) is 14.2. The molecule has 0 aliphatic carbocycles. The summed E-state index contributed by atoms with van der Waals surface area (Å²) in [6.07, 6.45) is 3.30. The van der Waals surface area contributed by atoms with E-state index in [9.17, 15) is 4.79 Å². The van der Waals surface area contributed by atoms with E-state index >= 15 is 0 Å². The van der Waals surface area contributed by atoms with Gasteiger partial charge in [-0.15, -0.1) is 11.6 Å². The standard InChI is InChI=1S/C13H14BrCl2NO/c14-9-4-5-11(15)10(8-9)12(16)13(18)17-6-2-1-3-7-17/h4-5,8,12H,1-3,6-7H2. The highest BCUT2D eigenvalue weighted by molar-refractivity contribution is 9.10. The van der Waals surface area contributed by atoms with Gasteiger partial charge in [-0.25, -0.2) is 0 Å². The minimum absolute atomic E-state index is 0.0450. The maximum atomic E-state index is 12.3. The summed E-state index contributed by atoms with van der Waals surface area (Å²) in [7, 11) is 0. The lowest BCUT2D eigenvalue weighted by Gasteiger charge is -2.28. The van der Waals surface area contributed by atoms with Gasteiger partial charge in [-0.1, -0.05) is 27.5 Å². The molecule has 1 aliphatic heterocycles. The topological polar surface area (TPSA) is 20.3 Å². The molecule has 0 radical (unpaired) electrons. The summed E-state index contributed by atoms with van der Waals surface area (Å²) >= 11 is 15.7. The van der Waals surface area contributed by atoms with Gasteiger partial charge >= 0.3 is 0 Å². The van der Waals surface area contributed by atoms with Crippen molar-refractivity contribution in [2.45, 2.75) is 24.6 Å². The van der Waals surface area contributed by atoms with E-state index < -0.39 is 5.38 Å². The summed E-state index contributed by atoms with van der Waals surface area (Å²) in [5.74, 6) is -0.0450. The number of halogens is 3. The Balaban J connectivity index is 2.16. The Labute approximate surface area is 125 Å². The molecule has 1 unspecified atom stereocenters. The second-order valence-electron chi connectivity index (χ2n) is 4.41. The molecule has 2 nitrogen and oxygen atoms in total. The number of piperidine rings is 1. The lowest BCUT2D eigenvalue weighted by molar-refractivity contribution is -0.131. The van der Waals surface area contributed by atoms with Crippen molar-refractivity contribution in [3.05, 3.63) is 33.3 Å². The number of alkyl halides is 1. The molecule has 1 amide bonds. The van der Waals surface area contributed by atoms with Gasteiger partial charge in [-0.05, 0) is 43.0 Å². The third-order valence-electron chi connectivity index (χ3n) is 3.12. The van der Waals surface area contributed by atoms with Crippen molar-refractivity contribution in [2.24, 2.45) is 0 Å². The highest BCUT2D eigenvalue weighted by Crippen LogP contribution is 2.32. The average molecular weight is 351 g/mol. The maximum Gasteiger partial charge on any atom is 0.245 e. The fourth-order valence-corrected chi connectivity index (χ4v) is 3.10. The number of likely N-dealkylation sites (tertiary alicyclic amines) is 1. The summed E-state index contributed by atoms with van der Waals surface area (Å²) in [6, 6.07) is 5.39. The van der Waals surface area contributed by atoms with Gasteiger partial charge in [0.05, 0.1) is 0 Å². The van der Waals surface area contributed by atoms with Crippen LogP contribution in [0, 0.1) is 0 Å². The monoisotopic (exact) mass is 349 g/mol. The van der Waals surface area contributed by atoms with Crippen LogP contribution in [0.1, 0.15) is 30.2 Å². The fraction of sp³-hybridized carbons (Fsp3) is 0.462. The molecule has 0 aromatic heterocycles. The fourth-order valence-electron chi connectivity index (χ4n) is 2.12. The van der Waals surface area contributed by atoms with Crippen LogP contribution in [0.4, 0.5) is 0 Å².